The lowest BCUT2D eigenvalue weighted by Gasteiger charge is -2.30. The van der Waals surface area contributed by atoms with Gasteiger partial charge in [0.05, 0.1) is 0 Å². The normalized spacial score (nSPS) is 13.9. The maximum Gasteiger partial charge on any atom is 0.242 e. The summed E-state index contributed by atoms with van der Waals surface area (Å²) in [6, 6.07) is -0.680. The van der Waals surface area contributed by atoms with Crippen molar-refractivity contribution < 1.29 is 14.8 Å². The van der Waals surface area contributed by atoms with E-state index in [1.807, 2.05) is 13.8 Å². The molecule has 0 aromatic carbocycles. The molecular weight excluding hydrogens is 272 g/mol. The quantitative estimate of drug-likeness (QED) is 0.230. The van der Waals surface area contributed by atoms with Crippen molar-refractivity contribution >= 4 is 17.6 Å². The van der Waals surface area contributed by atoms with Crippen molar-refractivity contribution in [2.24, 2.45) is 22.2 Å². The number of nitrogens with one attached hydrogen (secondary N) is 2. The molecule has 0 bridgehead atoms. The third-order valence-electron chi connectivity index (χ3n) is 3.67. The van der Waals surface area contributed by atoms with Crippen molar-refractivity contribution in [1.82, 2.24) is 10.6 Å². The molecule has 0 aliphatic carbocycles. The zero-order chi connectivity index (χ0) is 16.6. The van der Waals surface area contributed by atoms with Gasteiger partial charge in [0, 0.05) is 6.54 Å². The van der Waals surface area contributed by atoms with Crippen molar-refractivity contribution in [1.29, 1.82) is 0 Å². The lowest BCUT2D eigenvalue weighted by molar-refractivity contribution is -0.132. The summed E-state index contributed by atoms with van der Waals surface area (Å²) >= 11 is 0. The molecule has 0 aromatic heterocycles. The highest BCUT2D eigenvalue weighted by Gasteiger charge is 2.40. The fraction of sp³-hybridized carbons (Fsp3) is 0.786. The number of nitrogens with two attached hydrogens (primary N) is 1. The molecule has 0 heterocycles. The van der Waals surface area contributed by atoms with Crippen LogP contribution in [0.4, 0.5) is 0 Å². The average Bonchev–Trinajstić information content (AvgIpc) is 2.45. The lowest BCUT2D eigenvalue weighted by atomic mass is 9.80. The molecule has 0 spiro atoms. The maximum absolute atomic E-state index is 12.4. The van der Waals surface area contributed by atoms with Crippen molar-refractivity contribution in [3.63, 3.8) is 0 Å². The van der Waals surface area contributed by atoms with Crippen LogP contribution in [-0.4, -0.2) is 35.4 Å². The summed E-state index contributed by atoms with van der Waals surface area (Å²) in [4.78, 5) is 24.3. The third-order valence-corrected chi connectivity index (χ3v) is 3.67. The first-order valence-corrected chi connectivity index (χ1v) is 7.31. The predicted octanol–water partition coefficient (Wildman–Crippen LogP) is 0.816. The Labute approximate surface area is 126 Å². The average molecular weight is 300 g/mol. The second kappa shape index (κ2) is 8.49. The van der Waals surface area contributed by atoms with Crippen molar-refractivity contribution in [3.8, 4) is 0 Å². The van der Waals surface area contributed by atoms with Crippen LogP contribution in [0.3, 0.4) is 0 Å². The molecule has 7 nitrogen and oxygen atoms in total. The number of hydrogen-bond donors (Lipinski definition) is 4. The number of nitrogens with zero attached hydrogens (tertiary/aromatic N) is 1. The first kappa shape index (κ1) is 19.2. The number of amides is 2. The smallest absolute Gasteiger partial charge is 0.242 e. The van der Waals surface area contributed by atoms with Gasteiger partial charge in [-0.05, 0) is 25.7 Å². The van der Waals surface area contributed by atoms with E-state index < -0.39 is 17.4 Å². The van der Waals surface area contributed by atoms with E-state index in [1.165, 1.54) is 0 Å². The van der Waals surface area contributed by atoms with Crippen molar-refractivity contribution in [2.45, 2.75) is 53.5 Å². The van der Waals surface area contributed by atoms with E-state index in [1.54, 1.807) is 20.8 Å². The minimum absolute atomic E-state index is 0.139. The molecule has 1 unspecified atom stereocenters. The molecule has 0 aliphatic heterocycles. The fourth-order valence-electron chi connectivity index (χ4n) is 2.00. The van der Waals surface area contributed by atoms with Gasteiger partial charge in [0.1, 0.15) is 11.5 Å². The van der Waals surface area contributed by atoms with Crippen molar-refractivity contribution in [2.75, 3.05) is 6.54 Å². The zero-order valence-electron chi connectivity index (χ0n) is 13.6. The third kappa shape index (κ3) is 4.91. The van der Waals surface area contributed by atoms with Gasteiger partial charge in [0.15, 0.2) is 5.84 Å². The molecule has 0 rings (SSSR count). The van der Waals surface area contributed by atoms with Gasteiger partial charge in [-0.3, -0.25) is 9.59 Å². The first-order chi connectivity index (χ1) is 9.74. The maximum atomic E-state index is 12.4. The van der Waals surface area contributed by atoms with E-state index in [0.29, 0.717) is 25.3 Å². The number of amidine groups is 1. The monoisotopic (exact) mass is 300 g/mol. The minimum Gasteiger partial charge on any atom is -0.409 e. The van der Waals surface area contributed by atoms with Crippen LogP contribution < -0.4 is 16.4 Å². The van der Waals surface area contributed by atoms with Crippen LogP contribution in [0.15, 0.2) is 5.16 Å². The highest BCUT2D eigenvalue weighted by molar-refractivity contribution is 6.07. The molecule has 122 valence electrons. The van der Waals surface area contributed by atoms with Crippen LogP contribution in [-0.2, 0) is 9.59 Å². The second-order valence-corrected chi connectivity index (χ2v) is 5.61. The van der Waals surface area contributed by atoms with Gasteiger partial charge in [0.25, 0.3) is 0 Å². The second-order valence-electron chi connectivity index (χ2n) is 5.61. The van der Waals surface area contributed by atoms with Crippen LogP contribution in [0.5, 0.6) is 0 Å². The molecule has 0 saturated heterocycles. The van der Waals surface area contributed by atoms with Gasteiger partial charge in [-0.15, -0.1) is 0 Å². The van der Waals surface area contributed by atoms with E-state index in [-0.39, 0.29) is 11.7 Å². The predicted molar refractivity (Wildman–Crippen MR) is 81.9 cm³/mol. The highest BCUT2D eigenvalue weighted by atomic mass is 16.4. The summed E-state index contributed by atoms with van der Waals surface area (Å²) in [6.07, 6.45) is 0.761. The van der Waals surface area contributed by atoms with E-state index >= 15 is 0 Å². The molecule has 0 saturated carbocycles. The standard InChI is InChI=1S/C14H28N4O3/c1-6-14(7-2,12(15)18-21)13(20)17-10(5)11(19)16-8-9(3)4/h9-10,21H,6-8H2,1-5H3,(H2,15,18)(H,16,19)(H,17,20). The first-order valence-electron chi connectivity index (χ1n) is 7.31. The Morgan fingerprint density at radius 3 is 2.14 bits per heavy atom. The van der Waals surface area contributed by atoms with Crippen LogP contribution in [0.1, 0.15) is 47.5 Å². The molecule has 5 N–H and O–H groups in total. The van der Waals surface area contributed by atoms with E-state index in [9.17, 15) is 9.59 Å². The van der Waals surface area contributed by atoms with Gasteiger partial charge >= 0.3 is 0 Å². The molecule has 0 fully saturated rings. The lowest BCUT2D eigenvalue weighted by Crippen LogP contribution is -2.54. The topological polar surface area (TPSA) is 117 Å². The molecule has 0 aliphatic rings. The van der Waals surface area contributed by atoms with E-state index in [2.05, 4.69) is 15.8 Å². The van der Waals surface area contributed by atoms with Gasteiger partial charge in [-0.2, -0.15) is 0 Å². The number of hydrogen-bond acceptors (Lipinski definition) is 4. The molecule has 2 amide bonds. The minimum atomic E-state index is -1.10. The summed E-state index contributed by atoms with van der Waals surface area (Å²) in [5.41, 5.74) is 4.57. The summed E-state index contributed by atoms with van der Waals surface area (Å²) in [7, 11) is 0. The van der Waals surface area contributed by atoms with Crippen LogP contribution in [0, 0.1) is 11.3 Å². The van der Waals surface area contributed by atoms with Gasteiger partial charge < -0.3 is 21.6 Å². The summed E-state index contributed by atoms with van der Waals surface area (Å²) in [6.45, 7) is 9.69. The molecule has 0 radical (unpaired) electrons. The van der Waals surface area contributed by atoms with Crippen LogP contribution in [0.2, 0.25) is 0 Å². The van der Waals surface area contributed by atoms with Gasteiger partial charge in [-0.1, -0.05) is 32.9 Å². The molecule has 1 atom stereocenters. The molecule has 7 heteroatoms. The van der Waals surface area contributed by atoms with Gasteiger partial charge in [0.2, 0.25) is 11.8 Å². The molecular formula is C14H28N4O3. The summed E-state index contributed by atoms with van der Waals surface area (Å²) in [5.74, 6) is -0.466. The largest absolute Gasteiger partial charge is 0.409 e. The van der Waals surface area contributed by atoms with Crippen molar-refractivity contribution in [3.05, 3.63) is 0 Å². The van der Waals surface area contributed by atoms with Crippen LogP contribution in [0.25, 0.3) is 0 Å². The Kier molecular flexibility index (Phi) is 7.76. The SMILES string of the molecule is CCC(CC)(C(=O)NC(C)C(=O)NCC(C)C)C(N)=NO. The number of carbonyl (C=O) groups excluding carboxylic acids is 2. The fourth-order valence-corrected chi connectivity index (χ4v) is 2.00. The van der Waals surface area contributed by atoms with Gasteiger partial charge in [-0.25, -0.2) is 0 Å². The number of carbonyl (C=O) groups is 2. The number of oxime groups is 1. The molecule has 21 heavy (non-hydrogen) atoms. The van der Waals surface area contributed by atoms with E-state index in [4.69, 9.17) is 10.9 Å². The van der Waals surface area contributed by atoms with Crippen LogP contribution >= 0.6 is 0 Å². The number of rotatable bonds is 8. The van der Waals surface area contributed by atoms with E-state index in [0.717, 1.165) is 0 Å². The molecule has 0 aromatic rings. The Morgan fingerprint density at radius 2 is 1.76 bits per heavy atom. The highest BCUT2D eigenvalue weighted by Crippen LogP contribution is 2.27. The Hall–Kier alpha value is -1.79. The Morgan fingerprint density at radius 1 is 1.24 bits per heavy atom. The Balaban J connectivity index is 4.88. The zero-order valence-corrected chi connectivity index (χ0v) is 13.6. The summed E-state index contributed by atoms with van der Waals surface area (Å²) < 4.78 is 0. The summed E-state index contributed by atoms with van der Waals surface area (Å²) in [5, 5.41) is 17.2. The Bertz CT molecular complexity index is 390.